The summed E-state index contributed by atoms with van der Waals surface area (Å²) in [6.07, 6.45) is 6.36. The molecule has 33 heavy (non-hydrogen) atoms. The van der Waals surface area contributed by atoms with Crippen LogP contribution in [0.25, 0.3) is 11.0 Å². The average molecular weight is 445 g/mol. The van der Waals surface area contributed by atoms with Gasteiger partial charge in [-0.15, -0.1) is 0 Å². The Morgan fingerprint density at radius 2 is 1.73 bits per heavy atom. The summed E-state index contributed by atoms with van der Waals surface area (Å²) in [7, 11) is 0. The Hall–Kier alpha value is -3.35. The van der Waals surface area contributed by atoms with Gasteiger partial charge in [0.15, 0.2) is 11.5 Å². The second-order valence-electron chi connectivity index (χ2n) is 9.23. The molecule has 0 atom stereocenters. The number of anilines is 1. The molecular formula is C26H28N4O3. The van der Waals surface area contributed by atoms with Gasteiger partial charge in [-0.1, -0.05) is 18.2 Å². The predicted molar refractivity (Wildman–Crippen MR) is 126 cm³/mol. The van der Waals surface area contributed by atoms with Crippen LogP contribution in [0, 0.1) is 0 Å². The first kappa shape index (κ1) is 20.3. The van der Waals surface area contributed by atoms with E-state index in [2.05, 4.69) is 14.8 Å². The first-order chi connectivity index (χ1) is 16.2. The quantitative estimate of drug-likeness (QED) is 0.615. The normalized spacial score (nSPS) is 19.3. The number of fused-ring (bicyclic) bond motifs is 2. The van der Waals surface area contributed by atoms with Crippen molar-refractivity contribution >= 4 is 22.8 Å². The summed E-state index contributed by atoms with van der Waals surface area (Å²) >= 11 is 0. The van der Waals surface area contributed by atoms with Gasteiger partial charge >= 0.3 is 0 Å². The van der Waals surface area contributed by atoms with E-state index >= 15 is 0 Å². The molecule has 0 saturated carbocycles. The molecule has 6 rings (SSSR count). The van der Waals surface area contributed by atoms with E-state index in [4.69, 9.17) is 14.5 Å². The maximum atomic E-state index is 13.4. The number of benzene rings is 2. The van der Waals surface area contributed by atoms with Gasteiger partial charge in [0.1, 0.15) is 19.0 Å². The van der Waals surface area contributed by atoms with Gasteiger partial charge in [0.2, 0.25) is 5.91 Å². The lowest BCUT2D eigenvalue weighted by Gasteiger charge is -2.45. The van der Waals surface area contributed by atoms with Crippen LogP contribution in [0.4, 0.5) is 5.82 Å². The number of nitrogens with zero attached hydrogens (tertiary/aromatic N) is 4. The third-order valence-corrected chi connectivity index (χ3v) is 7.31. The van der Waals surface area contributed by atoms with Crippen LogP contribution in [0.1, 0.15) is 31.2 Å². The smallest absolute Gasteiger partial charge is 0.227 e. The van der Waals surface area contributed by atoms with Crippen LogP contribution >= 0.6 is 0 Å². The molecule has 4 heterocycles. The number of aromatic nitrogens is 2. The third kappa shape index (κ3) is 3.75. The fourth-order valence-corrected chi connectivity index (χ4v) is 5.57. The maximum absolute atomic E-state index is 13.4. The number of amides is 1. The van der Waals surface area contributed by atoms with Crippen molar-refractivity contribution in [2.45, 2.75) is 37.6 Å². The van der Waals surface area contributed by atoms with E-state index in [1.807, 2.05) is 48.7 Å². The van der Waals surface area contributed by atoms with Crippen LogP contribution in [0.3, 0.4) is 0 Å². The van der Waals surface area contributed by atoms with Gasteiger partial charge in [0.05, 0.1) is 23.7 Å². The van der Waals surface area contributed by atoms with E-state index in [1.165, 1.54) is 0 Å². The second-order valence-corrected chi connectivity index (χ2v) is 9.23. The van der Waals surface area contributed by atoms with Crippen LogP contribution in [0.2, 0.25) is 0 Å². The molecule has 3 aliphatic heterocycles. The van der Waals surface area contributed by atoms with Crippen LogP contribution in [0.5, 0.6) is 11.5 Å². The van der Waals surface area contributed by atoms with Gasteiger partial charge in [-0.3, -0.25) is 9.78 Å². The molecular weight excluding hydrogens is 416 g/mol. The number of hydrogen-bond donors (Lipinski definition) is 0. The number of rotatable bonds is 3. The molecule has 3 aromatic rings. The minimum Gasteiger partial charge on any atom is -0.486 e. The molecule has 2 fully saturated rings. The van der Waals surface area contributed by atoms with E-state index in [1.54, 1.807) is 0 Å². The van der Waals surface area contributed by atoms with E-state index in [0.29, 0.717) is 19.6 Å². The minimum atomic E-state index is -0.0360. The Morgan fingerprint density at radius 1 is 0.939 bits per heavy atom. The molecule has 0 aliphatic carbocycles. The van der Waals surface area contributed by atoms with Crippen LogP contribution in [0.15, 0.2) is 48.7 Å². The molecule has 0 unspecified atom stereocenters. The van der Waals surface area contributed by atoms with Crippen LogP contribution in [-0.2, 0) is 11.2 Å². The molecule has 1 aromatic heterocycles. The first-order valence-corrected chi connectivity index (χ1v) is 11.9. The van der Waals surface area contributed by atoms with Crippen molar-refractivity contribution in [1.82, 2.24) is 14.9 Å². The summed E-state index contributed by atoms with van der Waals surface area (Å²) < 4.78 is 11.3. The van der Waals surface area contributed by atoms with E-state index in [-0.39, 0.29) is 11.4 Å². The Labute approximate surface area is 193 Å². The molecule has 2 aromatic carbocycles. The lowest BCUT2D eigenvalue weighted by atomic mass is 9.84. The van der Waals surface area contributed by atoms with Crippen molar-refractivity contribution in [1.29, 1.82) is 0 Å². The highest BCUT2D eigenvalue weighted by Gasteiger charge is 2.45. The number of carbonyl (C=O) groups excluding carboxylic acids is 1. The van der Waals surface area contributed by atoms with E-state index < -0.39 is 0 Å². The van der Waals surface area contributed by atoms with E-state index in [0.717, 1.165) is 79.2 Å². The van der Waals surface area contributed by atoms with Crippen molar-refractivity contribution in [3.8, 4) is 11.5 Å². The lowest BCUT2D eigenvalue weighted by Crippen LogP contribution is -2.54. The molecule has 0 bridgehead atoms. The van der Waals surface area contributed by atoms with Crippen molar-refractivity contribution in [2.24, 2.45) is 0 Å². The highest BCUT2D eigenvalue weighted by molar-refractivity contribution is 5.80. The van der Waals surface area contributed by atoms with Gasteiger partial charge in [-0.2, -0.15) is 0 Å². The Morgan fingerprint density at radius 3 is 2.58 bits per heavy atom. The largest absolute Gasteiger partial charge is 0.486 e. The van der Waals surface area contributed by atoms with Crippen molar-refractivity contribution in [3.63, 3.8) is 0 Å². The van der Waals surface area contributed by atoms with Crippen molar-refractivity contribution in [2.75, 3.05) is 37.7 Å². The summed E-state index contributed by atoms with van der Waals surface area (Å²) in [6, 6.07) is 13.8. The highest BCUT2D eigenvalue weighted by Crippen LogP contribution is 2.40. The number of hydrogen-bond acceptors (Lipinski definition) is 6. The number of para-hydroxylation sites is 2. The minimum absolute atomic E-state index is 0.0360. The van der Waals surface area contributed by atoms with Gasteiger partial charge < -0.3 is 19.3 Å². The topological polar surface area (TPSA) is 67.8 Å². The average Bonchev–Trinajstić information content (AvgIpc) is 3.27. The first-order valence-electron chi connectivity index (χ1n) is 11.9. The Kier molecular flexibility index (Phi) is 5.04. The summed E-state index contributed by atoms with van der Waals surface area (Å²) in [5.74, 6) is 2.64. The van der Waals surface area contributed by atoms with Gasteiger partial charge in [-0.25, -0.2) is 4.98 Å². The number of piperidine rings is 1. The SMILES string of the molecule is O=C(Cc1ccc2c(c1)OCCO2)N1CCCC12CCN(c1cnc3ccccc3n1)CC2. The summed E-state index contributed by atoms with van der Waals surface area (Å²) in [5, 5.41) is 0. The van der Waals surface area contributed by atoms with Gasteiger partial charge in [-0.05, 0) is 55.5 Å². The molecule has 2 saturated heterocycles. The summed E-state index contributed by atoms with van der Waals surface area (Å²) in [6.45, 7) is 3.75. The molecule has 1 amide bonds. The fraction of sp³-hybridized carbons (Fsp3) is 0.423. The zero-order valence-electron chi connectivity index (χ0n) is 18.7. The molecule has 0 radical (unpaired) electrons. The molecule has 7 nitrogen and oxygen atoms in total. The number of carbonyl (C=O) groups is 1. The number of ether oxygens (including phenoxy) is 2. The summed E-state index contributed by atoms with van der Waals surface area (Å²) in [5.41, 5.74) is 2.79. The standard InChI is InChI=1S/C26H28N4O3/c31-25(17-19-6-7-22-23(16-19)33-15-14-32-22)30-11-3-8-26(30)9-12-29(13-10-26)24-18-27-20-4-1-2-5-21(20)28-24/h1-2,4-7,16,18H,3,8-15,17H2. The zero-order valence-corrected chi connectivity index (χ0v) is 18.7. The van der Waals surface area contributed by atoms with E-state index in [9.17, 15) is 4.79 Å². The second kappa shape index (κ2) is 8.21. The molecule has 3 aliphatic rings. The monoisotopic (exact) mass is 444 g/mol. The maximum Gasteiger partial charge on any atom is 0.227 e. The number of likely N-dealkylation sites (tertiary alicyclic amines) is 1. The molecule has 1 spiro atoms. The lowest BCUT2D eigenvalue weighted by molar-refractivity contribution is -0.135. The van der Waals surface area contributed by atoms with Gasteiger partial charge in [0, 0.05) is 25.2 Å². The third-order valence-electron chi connectivity index (χ3n) is 7.31. The van der Waals surface area contributed by atoms with Gasteiger partial charge in [0.25, 0.3) is 0 Å². The van der Waals surface area contributed by atoms with Crippen molar-refractivity contribution < 1.29 is 14.3 Å². The predicted octanol–water partition coefficient (Wildman–Crippen LogP) is 3.61. The Bertz CT molecular complexity index is 1190. The molecule has 170 valence electrons. The fourth-order valence-electron chi connectivity index (χ4n) is 5.57. The highest BCUT2D eigenvalue weighted by atomic mass is 16.6. The van der Waals surface area contributed by atoms with Crippen LogP contribution < -0.4 is 14.4 Å². The molecule has 0 N–H and O–H groups in total. The molecule has 7 heteroatoms. The Balaban J connectivity index is 1.14. The zero-order chi connectivity index (χ0) is 22.3. The van der Waals surface area contributed by atoms with Crippen LogP contribution in [-0.4, -0.2) is 59.2 Å². The summed E-state index contributed by atoms with van der Waals surface area (Å²) in [4.78, 5) is 27.2. The van der Waals surface area contributed by atoms with Crippen molar-refractivity contribution in [3.05, 3.63) is 54.2 Å².